The van der Waals surface area contributed by atoms with Gasteiger partial charge in [0.25, 0.3) is 0 Å². The lowest BCUT2D eigenvalue weighted by Gasteiger charge is -2.11. The van der Waals surface area contributed by atoms with Crippen LogP contribution in [-0.2, 0) is 12.6 Å². The lowest BCUT2D eigenvalue weighted by atomic mass is 10.1. The maximum Gasteiger partial charge on any atom is 0.0796 e. The molecule has 0 saturated heterocycles. The molecule has 3 rings (SSSR count). The van der Waals surface area contributed by atoms with Crippen LogP contribution in [-0.4, -0.2) is 9.97 Å². The average molecular weight is 272 g/mol. The van der Waals surface area contributed by atoms with Crippen LogP contribution in [0.15, 0.2) is 53.7 Å². The van der Waals surface area contributed by atoms with E-state index in [1.165, 1.54) is 0 Å². The molecule has 3 aromatic rings. The number of hydrogen-bond acceptors (Lipinski definition) is 3. The molecule has 0 aliphatic carbocycles. The summed E-state index contributed by atoms with van der Waals surface area (Å²) in [6.45, 7) is 0. The first-order chi connectivity index (χ1) is 8.74. The largest absolute Gasteiger partial charge is 0.740 e. The summed E-state index contributed by atoms with van der Waals surface area (Å²) in [6, 6.07) is 15.4. The summed E-state index contributed by atoms with van der Waals surface area (Å²) in [5.74, 6) is 0. The minimum absolute atomic E-state index is 0.351. The molecular formula is C14H8ClN2S-. The van der Waals surface area contributed by atoms with Gasteiger partial charge in [-0.2, -0.15) is 0 Å². The predicted octanol–water partition coefficient (Wildman–Crippen LogP) is 3.86. The molecule has 2 aromatic carbocycles. The maximum absolute atomic E-state index is 6.04. The SMILES string of the molecule is [S-]c1nc(-c2ccccc2)c2cc(Cl)ccc2n1. The minimum Gasteiger partial charge on any atom is -0.740 e. The Morgan fingerprint density at radius 2 is 1.72 bits per heavy atom. The van der Waals surface area contributed by atoms with E-state index in [0.29, 0.717) is 10.2 Å². The molecule has 0 saturated carbocycles. The molecule has 0 aliphatic heterocycles. The Morgan fingerprint density at radius 1 is 0.944 bits per heavy atom. The first-order valence-electron chi connectivity index (χ1n) is 5.44. The quantitative estimate of drug-likeness (QED) is 0.497. The number of rotatable bonds is 1. The number of nitrogens with zero attached hydrogens (tertiary/aromatic N) is 2. The highest BCUT2D eigenvalue weighted by Gasteiger charge is 2.06. The minimum atomic E-state index is 0.351. The van der Waals surface area contributed by atoms with E-state index in [4.69, 9.17) is 24.2 Å². The smallest absolute Gasteiger partial charge is 0.0796 e. The fourth-order valence-electron chi connectivity index (χ4n) is 1.90. The molecular weight excluding hydrogens is 264 g/mol. The standard InChI is InChI=1S/C14H9ClN2S/c15-10-6-7-12-11(8-10)13(17-14(18)16-12)9-4-2-1-3-5-9/h1-8H,(H,16,17,18)/p-1. The van der Waals surface area contributed by atoms with Gasteiger partial charge in [0, 0.05) is 21.1 Å². The van der Waals surface area contributed by atoms with Crippen molar-refractivity contribution >= 4 is 35.1 Å². The van der Waals surface area contributed by atoms with Crippen LogP contribution in [0.25, 0.3) is 22.2 Å². The van der Waals surface area contributed by atoms with Crippen molar-refractivity contribution in [2.24, 2.45) is 0 Å². The molecule has 1 aromatic heterocycles. The third kappa shape index (κ3) is 2.03. The Labute approximate surface area is 115 Å². The monoisotopic (exact) mass is 271 g/mol. The Kier molecular flexibility index (Phi) is 2.86. The lowest BCUT2D eigenvalue weighted by Crippen LogP contribution is -1.93. The number of fused-ring (bicyclic) bond motifs is 1. The van der Waals surface area contributed by atoms with Crippen LogP contribution >= 0.6 is 11.6 Å². The number of benzene rings is 2. The van der Waals surface area contributed by atoms with Crippen molar-refractivity contribution in [2.75, 3.05) is 0 Å². The number of hydrogen-bond donors (Lipinski definition) is 0. The van der Waals surface area contributed by atoms with E-state index < -0.39 is 0 Å². The molecule has 88 valence electrons. The molecule has 0 radical (unpaired) electrons. The van der Waals surface area contributed by atoms with Gasteiger partial charge in [0.05, 0.1) is 11.2 Å². The van der Waals surface area contributed by atoms with E-state index in [0.717, 1.165) is 22.2 Å². The second kappa shape index (κ2) is 4.52. The molecule has 1 heterocycles. The van der Waals surface area contributed by atoms with Crippen molar-refractivity contribution < 1.29 is 0 Å². The molecule has 0 fully saturated rings. The molecule has 18 heavy (non-hydrogen) atoms. The summed E-state index contributed by atoms with van der Waals surface area (Å²) in [7, 11) is 0. The summed E-state index contributed by atoms with van der Waals surface area (Å²) in [4.78, 5) is 8.61. The first kappa shape index (κ1) is 11.4. The van der Waals surface area contributed by atoms with E-state index in [1.54, 1.807) is 6.07 Å². The van der Waals surface area contributed by atoms with E-state index in [2.05, 4.69) is 9.97 Å². The predicted molar refractivity (Wildman–Crippen MR) is 75.6 cm³/mol. The fraction of sp³-hybridized carbons (Fsp3) is 0. The van der Waals surface area contributed by atoms with Gasteiger partial charge in [0.15, 0.2) is 0 Å². The molecule has 0 N–H and O–H groups in total. The average Bonchev–Trinajstić information content (AvgIpc) is 2.39. The van der Waals surface area contributed by atoms with E-state index >= 15 is 0 Å². The Morgan fingerprint density at radius 3 is 2.50 bits per heavy atom. The van der Waals surface area contributed by atoms with Gasteiger partial charge in [-0.3, -0.25) is 9.97 Å². The summed E-state index contributed by atoms with van der Waals surface area (Å²) in [6.07, 6.45) is 0. The molecule has 2 nitrogen and oxygen atoms in total. The van der Waals surface area contributed by atoms with Crippen LogP contribution in [0.5, 0.6) is 0 Å². The highest BCUT2D eigenvalue weighted by Crippen LogP contribution is 2.28. The third-order valence-electron chi connectivity index (χ3n) is 2.68. The molecule has 4 heteroatoms. The topological polar surface area (TPSA) is 25.8 Å². The fourth-order valence-corrected chi connectivity index (χ4v) is 2.26. The van der Waals surface area contributed by atoms with Gasteiger partial charge in [0.2, 0.25) is 0 Å². The van der Waals surface area contributed by atoms with Gasteiger partial charge < -0.3 is 12.6 Å². The van der Waals surface area contributed by atoms with E-state index in [1.807, 2.05) is 42.5 Å². The zero-order chi connectivity index (χ0) is 12.5. The Hall–Kier alpha value is -1.71. The Bertz CT molecular complexity index is 714. The van der Waals surface area contributed by atoms with Crippen molar-refractivity contribution in [3.8, 4) is 11.3 Å². The van der Waals surface area contributed by atoms with Gasteiger partial charge in [-0.15, -0.1) is 0 Å². The van der Waals surface area contributed by atoms with Crippen LogP contribution in [0.3, 0.4) is 0 Å². The van der Waals surface area contributed by atoms with Crippen molar-refractivity contribution in [1.29, 1.82) is 0 Å². The van der Waals surface area contributed by atoms with Crippen LogP contribution in [0.2, 0.25) is 5.02 Å². The van der Waals surface area contributed by atoms with Crippen molar-refractivity contribution in [3.63, 3.8) is 0 Å². The Balaban J connectivity index is 2.37. The van der Waals surface area contributed by atoms with Gasteiger partial charge in [-0.05, 0) is 18.2 Å². The molecule has 0 aliphatic rings. The van der Waals surface area contributed by atoms with Crippen LogP contribution < -0.4 is 0 Å². The highest BCUT2D eigenvalue weighted by atomic mass is 35.5. The molecule has 0 bridgehead atoms. The van der Waals surface area contributed by atoms with Crippen molar-refractivity contribution in [2.45, 2.75) is 5.16 Å². The van der Waals surface area contributed by atoms with Crippen molar-refractivity contribution in [1.82, 2.24) is 9.97 Å². The number of halogens is 1. The normalized spacial score (nSPS) is 10.7. The van der Waals surface area contributed by atoms with Gasteiger partial charge in [-0.1, -0.05) is 41.9 Å². The van der Waals surface area contributed by atoms with Crippen LogP contribution in [0, 0.1) is 0 Å². The first-order valence-corrected chi connectivity index (χ1v) is 6.22. The summed E-state index contributed by atoms with van der Waals surface area (Å²) >= 11 is 11.1. The molecule has 0 amide bonds. The molecule has 0 atom stereocenters. The second-order valence-corrected chi connectivity index (χ2v) is 4.68. The third-order valence-corrected chi connectivity index (χ3v) is 3.10. The zero-order valence-electron chi connectivity index (χ0n) is 9.30. The van der Waals surface area contributed by atoms with E-state index in [9.17, 15) is 0 Å². The summed E-state index contributed by atoms with van der Waals surface area (Å²) in [5.41, 5.74) is 2.66. The van der Waals surface area contributed by atoms with E-state index in [-0.39, 0.29) is 0 Å². The maximum atomic E-state index is 6.04. The van der Waals surface area contributed by atoms with Crippen molar-refractivity contribution in [3.05, 3.63) is 53.6 Å². The lowest BCUT2D eigenvalue weighted by molar-refractivity contribution is 1.02. The zero-order valence-corrected chi connectivity index (χ0v) is 10.9. The van der Waals surface area contributed by atoms with Gasteiger partial charge >= 0.3 is 0 Å². The summed E-state index contributed by atoms with van der Waals surface area (Å²) < 4.78 is 0. The van der Waals surface area contributed by atoms with Gasteiger partial charge in [-0.25, -0.2) is 0 Å². The van der Waals surface area contributed by atoms with Gasteiger partial charge in [0.1, 0.15) is 0 Å². The van der Waals surface area contributed by atoms with Crippen LogP contribution in [0.1, 0.15) is 0 Å². The molecule has 0 spiro atoms. The number of aromatic nitrogens is 2. The highest BCUT2D eigenvalue weighted by molar-refractivity contribution is 7.58. The van der Waals surface area contributed by atoms with Crippen LogP contribution in [0.4, 0.5) is 0 Å². The molecule has 0 unspecified atom stereocenters. The second-order valence-electron chi connectivity index (χ2n) is 3.88. The summed E-state index contributed by atoms with van der Waals surface area (Å²) in [5, 5.41) is 1.94.